The summed E-state index contributed by atoms with van der Waals surface area (Å²) in [7, 11) is -0.234. The number of anilines is 1. The monoisotopic (exact) mass is 667 g/mol. The number of hydrogen-bond donors (Lipinski definition) is 2. The predicted octanol–water partition coefficient (Wildman–Crippen LogP) is 4.01. The van der Waals surface area contributed by atoms with Gasteiger partial charge in [0, 0.05) is 35.0 Å². The van der Waals surface area contributed by atoms with E-state index in [4.69, 9.17) is 0 Å². The maximum Gasteiger partial charge on any atom is 0.336 e. The topological polar surface area (TPSA) is 126 Å². The van der Waals surface area contributed by atoms with Crippen molar-refractivity contribution in [2.45, 2.75) is 25.8 Å². The van der Waals surface area contributed by atoms with E-state index in [-0.39, 0.29) is 40.1 Å². The highest BCUT2D eigenvalue weighted by Gasteiger charge is 2.33. The van der Waals surface area contributed by atoms with Gasteiger partial charge in [0.1, 0.15) is 22.9 Å². The summed E-state index contributed by atoms with van der Waals surface area (Å²) >= 11 is 1.98. The third-order valence-electron chi connectivity index (χ3n) is 5.98. The standard InChI is InChI=1S/C26H27FIN5O5S/c1-15(14-34)23-22(24(31(2)3)29-21-12-5-16(28)13-20(21)27)25(35)33(19-10-11-19)26(36)32(23)18-8-6-17(7-9-18)30-39(4,37)38/h5-9,12-14,19,30,34H,10-11H2,1-4H3. The van der Waals surface area contributed by atoms with Gasteiger partial charge in [0.25, 0.3) is 5.56 Å². The van der Waals surface area contributed by atoms with Crippen molar-refractivity contribution in [3.05, 3.63) is 90.2 Å². The summed E-state index contributed by atoms with van der Waals surface area (Å²) in [5, 5.41) is 10.0. The average molecular weight is 668 g/mol. The number of sulfonamides is 1. The van der Waals surface area contributed by atoms with E-state index in [9.17, 15) is 27.5 Å². The van der Waals surface area contributed by atoms with Gasteiger partial charge in [-0.1, -0.05) is 0 Å². The van der Waals surface area contributed by atoms with E-state index in [1.54, 1.807) is 25.1 Å². The highest BCUT2D eigenvalue weighted by atomic mass is 127. The summed E-state index contributed by atoms with van der Waals surface area (Å²) in [6, 6.07) is 10.2. The summed E-state index contributed by atoms with van der Waals surface area (Å²) in [4.78, 5) is 33.8. The van der Waals surface area contributed by atoms with Gasteiger partial charge in [0.05, 0.1) is 23.9 Å². The lowest BCUT2D eigenvalue weighted by atomic mass is 10.1. The second-order valence-electron chi connectivity index (χ2n) is 9.41. The van der Waals surface area contributed by atoms with E-state index >= 15 is 0 Å². The van der Waals surface area contributed by atoms with Crippen molar-refractivity contribution in [2.24, 2.45) is 4.99 Å². The molecule has 0 spiro atoms. The quantitative estimate of drug-likeness (QED) is 0.170. The minimum atomic E-state index is -3.53. The van der Waals surface area contributed by atoms with Crippen molar-refractivity contribution in [1.29, 1.82) is 0 Å². The molecule has 2 N–H and O–H groups in total. The van der Waals surface area contributed by atoms with Crippen molar-refractivity contribution in [1.82, 2.24) is 14.0 Å². The third kappa shape index (κ3) is 6.08. The molecule has 1 saturated carbocycles. The lowest BCUT2D eigenvalue weighted by molar-refractivity contribution is 0.474. The molecular weight excluding hydrogens is 640 g/mol. The zero-order chi connectivity index (χ0) is 28.6. The molecule has 1 fully saturated rings. The maximum atomic E-state index is 14.8. The first-order chi connectivity index (χ1) is 18.3. The maximum absolute atomic E-state index is 14.8. The first-order valence-electron chi connectivity index (χ1n) is 11.8. The number of nitrogens with one attached hydrogen (secondary N) is 1. The highest BCUT2D eigenvalue weighted by Crippen LogP contribution is 2.33. The number of halogens is 2. The number of nitrogens with zero attached hydrogens (tertiary/aromatic N) is 4. The number of benzene rings is 2. The van der Waals surface area contributed by atoms with Gasteiger partial charge in [-0.15, -0.1) is 0 Å². The van der Waals surface area contributed by atoms with Crippen LogP contribution in [0.2, 0.25) is 0 Å². The van der Waals surface area contributed by atoms with Crippen LogP contribution < -0.4 is 16.0 Å². The molecular formula is C26H27FIN5O5S. The van der Waals surface area contributed by atoms with E-state index in [0.717, 1.165) is 17.1 Å². The normalized spacial score (nSPS) is 14.4. The summed E-state index contributed by atoms with van der Waals surface area (Å²) in [6.07, 6.45) is 3.09. The Kier molecular flexibility index (Phi) is 8.02. The van der Waals surface area contributed by atoms with Crippen molar-refractivity contribution >= 4 is 55.4 Å². The van der Waals surface area contributed by atoms with Gasteiger partial charge in [-0.2, -0.15) is 0 Å². The first-order valence-corrected chi connectivity index (χ1v) is 14.8. The third-order valence-corrected chi connectivity index (χ3v) is 7.26. The molecule has 206 valence electrons. The van der Waals surface area contributed by atoms with E-state index in [2.05, 4.69) is 9.71 Å². The van der Waals surface area contributed by atoms with Crippen molar-refractivity contribution in [3.63, 3.8) is 0 Å². The molecule has 0 unspecified atom stereocenters. The molecule has 0 radical (unpaired) electrons. The van der Waals surface area contributed by atoms with Crippen LogP contribution in [-0.2, 0) is 10.0 Å². The molecule has 2 aromatic carbocycles. The number of aliphatic hydroxyl groups is 1. The summed E-state index contributed by atoms with van der Waals surface area (Å²) in [5.41, 5.74) is -0.346. The van der Waals surface area contributed by atoms with E-state index in [1.165, 1.54) is 47.9 Å². The SMILES string of the molecule is CC(=CO)c1c(C(=Nc2ccc(I)cc2F)N(C)C)c(=O)n(C2CC2)c(=O)n1-c1ccc(NS(C)(=O)=O)cc1. The second-order valence-corrected chi connectivity index (χ2v) is 12.4. The van der Waals surface area contributed by atoms with Crippen molar-refractivity contribution in [2.75, 3.05) is 25.1 Å². The van der Waals surface area contributed by atoms with Crippen LogP contribution >= 0.6 is 22.6 Å². The Balaban J connectivity index is 2.09. The Morgan fingerprint density at radius 2 is 1.82 bits per heavy atom. The Morgan fingerprint density at radius 1 is 1.18 bits per heavy atom. The van der Waals surface area contributed by atoms with Gasteiger partial charge >= 0.3 is 5.69 Å². The Hall–Kier alpha value is -3.46. The largest absolute Gasteiger partial charge is 0.515 e. The van der Waals surface area contributed by atoms with Gasteiger partial charge in [-0.25, -0.2) is 22.6 Å². The second kappa shape index (κ2) is 11.0. The molecule has 0 atom stereocenters. The number of aliphatic hydroxyl groups excluding tert-OH is 1. The van der Waals surface area contributed by atoms with Crippen LogP contribution in [0.4, 0.5) is 15.8 Å². The first kappa shape index (κ1) is 28.5. The minimum Gasteiger partial charge on any atom is -0.515 e. The number of aliphatic imine (C=N–C) groups is 1. The number of aromatic nitrogens is 2. The van der Waals surface area contributed by atoms with Gasteiger partial charge in [0.15, 0.2) is 0 Å². The van der Waals surface area contributed by atoms with Crippen LogP contribution in [0.3, 0.4) is 0 Å². The molecule has 0 bridgehead atoms. The van der Waals surface area contributed by atoms with Gasteiger partial charge in [-0.05, 0) is 84.8 Å². The molecule has 0 saturated heterocycles. The van der Waals surface area contributed by atoms with E-state index < -0.39 is 27.1 Å². The number of hydrogen-bond acceptors (Lipinski definition) is 6. The molecule has 0 amide bonds. The predicted molar refractivity (Wildman–Crippen MR) is 158 cm³/mol. The molecule has 0 aliphatic heterocycles. The Morgan fingerprint density at radius 3 is 2.33 bits per heavy atom. The molecule has 1 heterocycles. The smallest absolute Gasteiger partial charge is 0.336 e. The van der Waals surface area contributed by atoms with E-state index in [1.807, 2.05) is 22.6 Å². The molecule has 13 heteroatoms. The fourth-order valence-electron chi connectivity index (χ4n) is 4.11. The van der Waals surface area contributed by atoms with Crippen molar-refractivity contribution < 1.29 is 17.9 Å². The Labute approximate surface area is 238 Å². The summed E-state index contributed by atoms with van der Waals surface area (Å²) < 4.78 is 43.6. The average Bonchev–Trinajstić information content (AvgIpc) is 3.68. The van der Waals surface area contributed by atoms with Crippen LogP contribution in [0, 0.1) is 9.39 Å². The number of rotatable bonds is 7. The fraction of sp³-hybridized carbons (Fsp3) is 0.269. The van der Waals surface area contributed by atoms with Crippen molar-refractivity contribution in [3.8, 4) is 5.69 Å². The van der Waals surface area contributed by atoms with Gasteiger partial charge in [0.2, 0.25) is 10.0 Å². The lowest BCUT2D eigenvalue weighted by Crippen LogP contribution is -2.45. The van der Waals surface area contributed by atoms with Crippen LogP contribution in [0.1, 0.15) is 37.1 Å². The zero-order valence-corrected chi connectivity index (χ0v) is 24.6. The highest BCUT2D eigenvalue weighted by molar-refractivity contribution is 14.1. The van der Waals surface area contributed by atoms with Crippen LogP contribution in [-0.4, -0.2) is 53.7 Å². The van der Waals surface area contributed by atoms with Crippen LogP contribution in [0.15, 0.2) is 63.3 Å². The molecule has 4 rings (SSSR count). The lowest BCUT2D eigenvalue weighted by Gasteiger charge is -2.23. The molecule has 3 aromatic rings. The van der Waals surface area contributed by atoms with Crippen LogP contribution in [0.25, 0.3) is 11.3 Å². The number of allylic oxidation sites excluding steroid dienone is 1. The Bertz CT molecular complexity index is 1720. The fourth-order valence-corrected chi connectivity index (χ4v) is 5.13. The van der Waals surface area contributed by atoms with E-state index in [0.29, 0.717) is 22.1 Å². The molecule has 10 nitrogen and oxygen atoms in total. The summed E-state index contributed by atoms with van der Waals surface area (Å²) in [6.45, 7) is 1.54. The molecule has 1 aromatic heterocycles. The van der Waals surface area contributed by atoms with Gasteiger partial charge < -0.3 is 10.0 Å². The van der Waals surface area contributed by atoms with Crippen LogP contribution in [0.5, 0.6) is 0 Å². The summed E-state index contributed by atoms with van der Waals surface area (Å²) in [5.74, 6) is -0.489. The minimum absolute atomic E-state index is 0.00187. The molecule has 39 heavy (non-hydrogen) atoms. The zero-order valence-electron chi connectivity index (χ0n) is 21.6. The van der Waals surface area contributed by atoms with Gasteiger partial charge in [-0.3, -0.25) is 18.7 Å². The molecule has 1 aliphatic carbocycles. The number of amidine groups is 1. The molecule has 1 aliphatic rings.